The molecule has 0 amide bonds. The summed E-state index contributed by atoms with van der Waals surface area (Å²) in [4.78, 5) is 0. The van der Waals surface area contributed by atoms with E-state index in [0.29, 0.717) is 0 Å². The molecule has 5 aromatic carbocycles. The Hall–Kier alpha value is -4.36. The van der Waals surface area contributed by atoms with Gasteiger partial charge in [0.05, 0.1) is 11.0 Å². The summed E-state index contributed by atoms with van der Waals surface area (Å²) < 4.78 is 2.36. The van der Waals surface area contributed by atoms with Crippen LogP contribution < -0.4 is 0 Å². The number of hydrogen-bond donors (Lipinski definition) is 0. The molecule has 0 fully saturated rings. The summed E-state index contributed by atoms with van der Waals surface area (Å²) in [6.45, 7) is 10.7. The largest absolute Gasteiger partial charge is 0.309 e. The van der Waals surface area contributed by atoms with Crippen LogP contribution in [0.15, 0.2) is 128 Å². The van der Waals surface area contributed by atoms with Gasteiger partial charge in [0.1, 0.15) is 0 Å². The zero-order valence-corrected chi connectivity index (χ0v) is 21.7. The summed E-state index contributed by atoms with van der Waals surface area (Å²) in [7, 11) is 0. The minimum atomic E-state index is -0.0769. The van der Waals surface area contributed by atoms with Gasteiger partial charge < -0.3 is 4.57 Å². The molecular formula is C36H31N. The van der Waals surface area contributed by atoms with Crippen LogP contribution in [0.1, 0.15) is 37.5 Å². The summed E-state index contributed by atoms with van der Waals surface area (Å²) in [5.41, 5.74) is 10.9. The van der Waals surface area contributed by atoms with Gasteiger partial charge in [-0.15, -0.1) is 0 Å². The van der Waals surface area contributed by atoms with Gasteiger partial charge in [-0.3, -0.25) is 0 Å². The first-order valence-electron chi connectivity index (χ1n) is 12.9. The Morgan fingerprint density at radius 1 is 0.568 bits per heavy atom. The fraction of sp³-hybridized carbons (Fsp3) is 0.111. The number of aromatic nitrogens is 1. The van der Waals surface area contributed by atoms with Crippen LogP contribution >= 0.6 is 0 Å². The standard InChI is InChI=1S/C36H31N/c1-25(2)26-13-19-29(20-14-26)36(3,4)30-21-15-27(16-22-30)28-17-23-31(24-18-28)37-34-11-7-5-9-32(34)33-10-6-8-12-35(33)37/h5-24H,1H2,2-4H3. The third kappa shape index (κ3) is 3.97. The Morgan fingerprint density at radius 2 is 1.00 bits per heavy atom. The van der Waals surface area contributed by atoms with Crippen LogP contribution in [0.3, 0.4) is 0 Å². The highest BCUT2D eigenvalue weighted by molar-refractivity contribution is 6.09. The molecule has 6 aromatic rings. The summed E-state index contributed by atoms with van der Waals surface area (Å²) in [5, 5.41) is 2.57. The molecule has 0 saturated heterocycles. The fourth-order valence-corrected chi connectivity index (χ4v) is 5.42. The molecule has 180 valence electrons. The van der Waals surface area contributed by atoms with Crippen molar-refractivity contribution in [2.75, 3.05) is 0 Å². The molecule has 1 nitrogen and oxygen atoms in total. The van der Waals surface area contributed by atoms with Crippen molar-refractivity contribution >= 4 is 27.4 Å². The number of fused-ring (bicyclic) bond motifs is 3. The van der Waals surface area contributed by atoms with E-state index >= 15 is 0 Å². The number of hydrogen-bond acceptors (Lipinski definition) is 0. The monoisotopic (exact) mass is 477 g/mol. The van der Waals surface area contributed by atoms with Crippen molar-refractivity contribution in [3.05, 3.63) is 145 Å². The maximum Gasteiger partial charge on any atom is 0.0541 e. The molecule has 1 heteroatoms. The Balaban J connectivity index is 1.31. The van der Waals surface area contributed by atoms with E-state index in [9.17, 15) is 0 Å². The highest BCUT2D eigenvalue weighted by Crippen LogP contribution is 2.35. The average molecular weight is 478 g/mol. The summed E-state index contributed by atoms with van der Waals surface area (Å²) in [6, 6.07) is 44.0. The van der Waals surface area contributed by atoms with Crippen LogP contribution in [0, 0.1) is 0 Å². The zero-order valence-electron chi connectivity index (χ0n) is 21.7. The molecular weight excluding hydrogens is 446 g/mol. The fourth-order valence-electron chi connectivity index (χ4n) is 5.42. The van der Waals surface area contributed by atoms with E-state index in [-0.39, 0.29) is 5.41 Å². The van der Waals surface area contributed by atoms with E-state index < -0.39 is 0 Å². The van der Waals surface area contributed by atoms with Crippen LogP contribution in [0.25, 0.3) is 44.2 Å². The molecule has 0 unspecified atom stereocenters. The maximum absolute atomic E-state index is 4.06. The van der Waals surface area contributed by atoms with Crippen LogP contribution in [0.5, 0.6) is 0 Å². The number of nitrogens with zero attached hydrogens (tertiary/aromatic N) is 1. The molecule has 0 aliphatic rings. The SMILES string of the molecule is C=C(C)c1ccc(C(C)(C)c2ccc(-c3ccc(-n4c5ccccc5c5ccccc54)cc3)cc2)cc1. The van der Waals surface area contributed by atoms with E-state index in [1.54, 1.807) is 0 Å². The Morgan fingerprint density at radius 3 is 1.49 bits per heavy atom. The van der Waals surface area contributed by atoms with Crippen molar-refractivity contribution in [2.45, 2.75) is 26.2 Å². The molecule has 6 rings (SSSR count). The van der Waals surface area contributed by atoms with Crippen molar-refractivity contribution in [1.29, 1.82) is 0 Å². The quantitative estimate of drug-likeness (QED) is 0.233. The lowest BCUT2D eigenvalue weighted by atomic mass is 9.77. The van der Waals surface area contributed by atoms with Crippen LogP contribution in [-0.2, 0) is 5.41 Å². The van der Waals surface area contributed by atoms with Gasteiger partial charge in [-0.05, 0) is 59.0 Å². The topological polar surface area (TPSA) is 4.93 Å². The smallest absolute Gasteiger partial charge is 0.0541 e. The van der Waals surface area contributed by atoms with Crippen LogP contribution in [0.4, 0.5) is 0 Å². The predicted octanol–water partition coefficient (Wildman–Crippen LogP) is 9.81. The Labute approximate surface area is 219 Å². The van der Waals surface area contributed by atoms with E-state index in [1.807, 2.05) is 6.92 Å². The average Bonchev–Trinajstić information content (AvgIpc) is 3.28. The van der Waals surface area contributed by atoms with Gasteiger partial charge >= 0.3 is 0 Å². The maximum atomic E-state index is 4.06. The van der Waals surface area contributed by atoms with Crippen molar-refractivity contribution in [1.82, 2.24) is 4.57 Å². The molecule has 0 saturated carbocycles. The van der Waals surface area contributed by atoms with Crippen molar-refractivity contribution in [3.63, 3.8) is 0 Å². The lowest BCUT2D eigenvalue weighted by molar-refractivity contribution is 0.641. The van der Waals surface area contributed by atoms with Gasteiger partial charge in [-0.1, -0.05) is 123 Å². The molecule has 0 radical (unpaired) electrons. The second-order valence-electron chi connectivity index (χ2n) is 10.5. The van der Waals surface area contributed by atoms with Crippen LogP contribution in [-0.4, -0.2) is 4.57 Å². The summed E-state index contributed by atoms with van der Waals surface area (Å²) in [5.74, 6) is 0. The molecule has 0 aliphatic carbocycles. The molecule has 0 bridgehead atoms. The molecule has 0 aliphatic heterocycles. The van der Waals surface area contributed by atoms with Crippen LogP contribution in [0.2, 0.25) is 0 Å². The predicted molar refractivity (Wildman–Crippen MR) is 159 cm³/mol. The number of allylic oxidation sites excluding steroid dienone is 1. The lowest BCUT2D eigenvalue weighted by Crippen LogP contribution is -2.18. The number of para-hydroxylation sites is 2. The second-order valence-corrected chi connectivity index (χ2v) is 10.5. The third-order valence-corrected chi connectivity index (χ3v) is 7.74. The minimum Gasteiger partial charge on any atom is -0.309 e. The van der Waals surface area contributed by atoms with Gasteiger partial charge in [0.2, 0.25) is 0 Å². The normalized spacial score (nSPS) is 11.8. The van der Waals surface area contributed by atoms with E-state index in [1.165, 1.54) is 55.3 Å². The number of rotatable bonds is 5. The van der Waals surface area contributed by atoms with Gasteiger partial charge in [0.25, 0.3) is 0 Å². The lowest BCUT2D eigenvalue weighted by Gasteiger charge is -2.26. The molecule has 0 atom stereocenters. The first-order chi connectivity index (χ1) is 17.9. The molecule has 1 heterocycles. The second kappa shape index (κ2) is 8.94. The Bertz CT molecular complexity index is 1680. The highest BCUT2D eigenvalue weighted by Gasteiger charge is 2.23. The van der Waals surface area contributed by atoms with E-state index in [4.69, 9.17) is 0 Å². The zero-order chi connectivity index (χ0) is 25.6. The molecule has 1 aromatic heterocycles. The summed E-state index contributed by atoms with van der Waals surface area (Å²) in [6.07, 6.45) is 0. The van der Waals surface area contributed by atoms with Crippen molar-refractivity contribution in [2.24, 2.45) is 0 Å². The highest BCUT2D eigenvalue weighted by atomic mass is 15.0. The molecule has 0 N–H and O–H groups in total. The van der Waals surface area contributed by atoms with E-state index in [2.05, 4.69) is 146 Å². The van der Waals surface area contributed by atoms with Gasteiger partial charge in [0, 0.05) is 21.9 Å². The molecule has 0 spiro atoms. The third-order valence-electron chi connectivity index (χ3n) is 7.74. The Kier molecular flexibility index (Phi) is 5.57. The van der Waals surface area contributed by atoms with Crippen molar-refractivity contribution in [3.8, 4) is 16.8 Å². The van der Waals surface area contributed by atoms with Gasteiger partial charge in [0.15, 0.2) is 0 Å². The van der Waals surface area contributed by atoms with Gasteiger partial charge in [-0.25, -0.2) is 0 Å². The minimum absolute atomic E-state index is 0.0769. The number of benzene rings is 5. The van der Waals surface area contributed by atoms with E-state index in [0.717, 1.165) is 5.57 Å². The van der Waals surface area contributed by atoms with Crippen molar-refractivity contribution < 1.29 is 0 Å². The van der Waals surface area contributed by atoms with Gasteiger partial charge in [-0.2, -0.15) is 0 Å². The molecule has 37 heavy (non-hydrogen) atoms. The summed E-state index contributed by atoms with van der Waals surface area (Å²) >= 11 is 0. The first-order valence-corrected chi connectivity index (χ1v) is 12.9. The first kappa shape index (κ1) is 23.1.